The van der Waals surface area contributed by atoms with Crippen molar-refractivity contribution >= 4 is 13.8 Å². The Labute approximate surface area is 385 Å². The van der Waals surface area contributed by atoms with Gasteiger partial charge in [0.1, 0.15) is 42.7 Å². The van der Waals surface area contributed by atoms with Crippen LogP contribution in [0.15, 0.2) is 0 Å². The Bertz CT molecular complexity index is 1050. The van der Waals surface area contributed by atoms with Gasteiger partial charge in [-0.3, -0.25) is 13.8 Å². The Hall–Kier alpha value is -0.660. The smallest absolute Gasteiger partial charge is 0.457 e. The summed E-state index contributed by atoms with van der Waals surface area (Å²) in [7, 11) is -5.01. The molecule has 376 valence electrons. The molecule has 0 aromatic carbocycles. The molecule has 6 unspecified atom stereocenters. The molecule has 0 aliphatic heterocycles. The molecular formula is C50H99O12P. The van der Waals surface area contributed by atoms with Crippen molar-refractivity contribution in [2.24, 2.45) is 0 Å². The van der Waals surface area contributed by atoms with Crippen molar-refractivity contribution in [3.05, 3.63) is 0 Å². The van der Waals surface area contributed by atoms with Crippen LogP contribution < -0.4 is 0 Å². The van der Waals surface area contributed by atoms with E-state index in [1.165, 1.54) is 186 Å². The van der Waals surface area contributed by atoms with Crippen molar-refractivity contribution in [3.8, 4) is 0 Å². The van der Waals surface area contributed by atoms with E-state index >= 15 is 0 Å². The van der Waals surface area contributed by atoms with Gasteiger partial charge >= 0.3 is 13.8 Å². The summed E-state index contributed by atoms with van der Waals surface area (Å²) >= 11 is 0. The molecule has 1 aliphatic carbocycles. The molecule has 6 atom stereocenters. The van der Waals surface area contributed by atoms with E-state index in [0.717, 1.165) is 38.5 Å². The van der Waals surface area contributed by atoms with Gasteiger partial charge in [-0.1, -0.05) is 232 Å². The molecule has 0 spiro atoms. The fourth-order valence-electron chi connectivity index (χ4n) is 8.54. The van der Waals surface area contributed by atoms with Crippen LogP contribution in [0, 0.1) is 0 Å². The van der Waals surface area contributed by atoms with Gasteiger partial charge < -0.3 is 39.9 Å². The van der Waals surface area contributed by atoms with Crippen LogP contribution in [-0.4, -0.2) is 98.9 Å². The van der Waals surface area contributed by atoms with Gasteiger partial charge in [-0.05, 0) is 12.8 Å². The Balaban J connectivity index is 2.30. The van der Waals surface area contributed by atoms with Gasteiger partial charge in [0.05, 0.1) is 13.2 Å². The number of carbonyl (C=O) groups excluding carboxylic acids is 1. The molecule has 0 bridgehead atoms. The second-order valence-electron chi connectivity index (χ2n) is 18.7. The van der Waals surface area contributed by atoms with Crippen LogP contribution in [0.4, 0.5) is 0 Å². The molecule has 6 N–H and O–H groups in total. The van der Waals surface area contributed by atoms with E-state index in [2.05, 4.69) is 13.8 Å². The predicted octanol–water partition coefficient (Wildman–Crippen LogP) is 11.7. The zero-order valence-corrected chi connectivity index (χ0v) is 41.3. The summed E-state index contributed by atoms with van der Waals surface area (Å²) in [4.78, 5) is 23.2. The van der Waals surface area contributed by atoms with Crippen LogP contribution in [0.3, 0.4) is 0 Å². The standard InChI is InChI=1S/C50H99O12P/c1-3-5-7-9-11-13-15-17-19-20-21-22-23-24-25-27-29-31-33-35-37-39-44(51)61-43(42-60-63(57,58)62-50-48(55)46(53)45(52)47(54)49(50)56)41-59-40-38-36-34-32-30-28-26-18-16-14-12-10-8-6-4-2/h43,45-50,52-56H,3-42H2,1-2H3,(H,57,58). The lowest BCUT2D eigenvalue weighted by molar-refractivity contribution is -0.220. The number of rotatable bonds is 46. The van der Waals surface area contributed by atoms with Crippen molar-refractivity contribution in [2.45, 2.75) is 294 Å². The number of ether oxygens (including phenoxy) is 2. The predicted molar refractivity (Wildman–Crippen MR) is 254 cm³/mol. The Kier molecular flexibility index (Phi) is 39.8. The fraction of sp³-hybridized carbons (Fsp3) is 0.980. The second-order valence-corrected chi connectivity index (χ2v) is 20.2. The molecular weight excluding hydrogens is 824 g/mol. The zero-order chi connectivity index (χ0) is 46.2. The molecule has 1 aliphatic rings. The third kappa shape index (κ3) is 33.5. The molecule has 0 saturated heterocycles. The van der Waals surface area contributed by atoms with Gasteiger partial charge in [0.2, 0.25) is 0 Å². The van der Waals surface area contributed by atoms with E-state index in [0.29, 0.717) is 13.0 Å². The van der Waals surface area contributed by atoms with Crippen LogP contribution in [0.2, 0.25) is 0 Å². The maximum Gasteiger partial charge on any atom is 0.472 e. The summed E-state index contributed by atoms with van der Waals surface area (Å²) < 4.78 is 34.3. The van der Waals surface area contributed by atoms with Gasteiger partial charge in [0, 0.05) is 13.0 Å². The first-order valence-corrected chi connectivity index (χ1v) is 27.9. The molecule has 1 rings (SSSR count). The number of hydrogen-bond acceptors (Lipinski definition) is 11. The summed E-state index contributed by atoms with van der Waals surface area (Å²) in [6.07, 6.45) is 33.1. The highest BCUT2D eigenvalue weighted by atomic mass is 31.2. The third-order valence-corrected chi connectivity index (χ3v) is 13.7. The maximum atomic E-state index is 12.8. The first-order valence-electron chi connectivity index (χ1n) is 26.4. The lowest BCUT2D eigenvalue weighted by Crippen LogP contribution is -2.64. The van der Waals surface area contributed by atoms with E-state index in [1.807, 2.05) is 0 Å². The minimum atomic E-state index is -5.01. The van der Waals surface area contributed by atoms with Crippen LogP contribution in [0.1, 0.15) is 251 Å². The largest absolute Gasteiger partial charge is 0.472 e. The molecule has 13 heteroatoms. The average Bonchev–Trinajstić information content (AvgIpc) is 3.27. The van der Waals surface area contributed by atoms with Crippen molar-refractivity contribution in [3.63, 3.8) is 0 Å². The number of unbranched alkanes of at least 4 members (excludes halogenated alkanes) is 34. The molecule has 0 heterocycles. The quantitative estimate of drug-likeness (QED) is 0.0193. The summed E-state index contributed by atoms with van der Waals surface area (Å²) in [5.41, 5.74) is 0. The normalized spacial score (nSPS) is 21.7. The highest BCUT2D eigenvalue weighted by Gasteiger charge is 2.51. The molecule has 0 aromatic rings. The maximum absolute atomic E-state index is 12.8. The van der Waals surface area contributed by atoms with Crippen molar-refractivity contribution < 1.29 is 58.3 Å². The number of aliphatic hydroxyl groups excluding tert-OH is 5. The molecule has 12 nitrogen and oxygen atoms in total. The van der Waals surface area contributed by atoms with Crippen molar-refractivity contribution in [1.29, 1.82) is 0 Å². The van der Waals surface area contributed by atoms with Gasteiger partial charge in [0.15, 0.2) is 0 Å². The van der Waals surface area contributed by atoms with Gasteiger partial charge in [-0.2, -0.15) is 0 Å². The minimum Gasteiger partial charge on any atom is -0.457 e. The Morgan fingerprint density at radius 2 is 0.746 bits per heavy atom. The lowest BCUT2D eigenvalue weighted by atomic mass is 9.85. The van der Waals surface area contributed by atoms with E-state index in [9.17, 15) is 39.8 Å². The Morgan fingerprint density at radius 1 is 0.444 bits per heavy atom. The molecule has 0 aromatic heterocycles. The van der Waals surface area contributed by atoms with E-state index in [-0.39, 0.29) is 13.0 Å². The highest BCUT2D eigenvalue weighted by molar-refractivity contribution is 7.47. The lowest BCUT2D eigenvalue weighted by Gasteiger charge is -2.41. The van der Waals surface area contributed by atoms with Crippen LogP contribution in [-0.2, 0) is 27.9 Å². The molecule has 63 heavy (non-hydrogen) atoms. The van der Waals surface area contributed by atoms with Gasteiger partial charge in [-0.15, -0.1) is 0 Å². The van der Waals surface area contributed by atoms with E-state index < -0.39 is 63.1 Å². The fourth-order valence-corrected chi connectivity index (χ4v) is 9.51. The highest BCUT2D eigenvalue weighted by Crippen LogP contribution is 2.47. The topological polar surface area (TPSA) is 192 Å². The van der Waals surface area contributed by atoms with Crippen LogP contribution in [0.25, 0.3) is 0 Å². The molecule has 1 fully saturated rings. The summed E-state index contributed by atoms with van der Waals surface area (Å²) in [6, 6.07) is 0. The third-order valence-electron chi connectivity index (χ3n) is 12.7. The number of phosphoric acid groups is 1. The monoisotopic (exact) mass is 923 g/mol. The number of hydrogen-bond donors (Lipinski definition) is 6. The first kappa shape index (κ1) is 60.4. The number of carbonyl (C=O) groups is 1. The van der Waals surface area contributed by atoms with E-state index in [1.54, 1.807) is 0 Å². The minimum absolute atomic E-state index is 0.0675. The SMILES string of the molecule is CCCCCCCCCCCCCCCCCCCCCCCC(=O)OC(COCCCCCCCCCCCCCCCCC)COP(=O)(O)OC1C(O)C(O)C(O)C(O)C1O. The van der Waals surface area contributed by atoms with Gasteiger partial charge in [-0.25, -0.2) is 4.57 Å². The molecule has 0 radical (unpaired) electrons. The average molecular weight is 923 g/mol. The van der Waals surface area contributed by atoms with Gasteiger partial charge in [0.25, 0.3) is 0 Å². The molecule has 1 saturated carbocycles. The summed E-state index contributed by atoms with van der Waals surface area (Å²) in [5, 5.41) is 50.3. The Morgan fingerprint density at radius 3 is 1.10 bits per heavy atom. The van der Waals surface area contributed by atoms with E-state index in [4.69, 9.17) is 18.5 Å². The summed E-state index contributed by atoms with van der Waals surface area (Å²) in [6.45, 7) is 4.32. The van der Waals surface area contributed by atoms with Crippen molar-refractivity contribution in [2.75, 3.05) is 19.8 Å². The molecule has 0 amide bonds. The van der Waals surface area contributed by atoms with Crippen LogP contribution in [0.5, 0.6) is 0 Å². The number of esters is 1. The zero-order valence-electron chi connectivity index (χ0n) is 40.4. The number of aliphatic hydroxyl groups is 5. The first-order chi connectivity index (χ1) is 30.5. The second kappa shape index (κ2) is 41.5. The van der Waals surface area contributed by atoms with Crippen molar-refractivity contribution in [1.82, 2.24) is 0 Å². The van der Waals surface area contributed by atoms with Crippen LogP contribution >= 0.6 is 7.82 Å². The summed E-state index contributed by atoms with van der Waals surface area (Å²) in [5.74, 6) is -0.468. The number of phosphoric ester groups is 1.